The molecule has 7 heteroatoms. The van der Waals surface area contributed by atoms with Gasteiger partial charge in [-0.05, 0) is 30.5 Å². The normalized spacial score (nSPS) is 11.5. The van der Waals surface area contributed by atoms with Gasteiger partial charge in [0.05, 0.1) is 0 Å². The van der Waals surface area contributed by atoms with Crippen LogP contribution in [0.1, 0.15) is 17.5 Å². The molecule has 2 N–H and O–H groups in total. The van der Waals surface area contributed by atoms with Gasteiger partial charge in [-0.15, -0.1) is 11.3 Å². The van der Waals surface area contributed by atoms with Gasteiger partial charge in [-0.1, -0.05) is 23.9 Å². The molecule has 2 aromatic rings. The van der Waals surface area contributed by atoms with E-state index in [2.05, 4.69) is 20.6 Å². The largest absolute Gasteiger partial charge is 0.356 e. The number of nitrogens with zero attached hydrogens (tertiary/aromatic N) is 2. The lowest BCUT2D eigenvalue weighted by atomic mass is 10.1. The number of rotatable bonds is 7. The van der Waals surface area contributed by atoms with Gasteiger partial charge in [0, 0.05) is 37.5 Å². The monoisotopic (exact) mass is 352 g/mol. The van der Waals surface area contributed by atoms with Crippen LogP contribution in [0.25, 0.3) is 0 Å². The number of aromatic nitrogens is 1. The van der Waals surface area contributed by atoms with Crippen LogP contribution in [-0.2, 0) is 6.54 Å². The summed E-state index contributed by atoms with van der Waals surface area (Å²) in [7, 11) is 1.75. The molecular weight excluding hydrogens is 331 g/mol. The van der Waals surface area contributed by atoms with Crippen LogP contribution >= 0.6 is 23.1 Å². The van der Waals surface area contributed by atoms with E-state index in [1.807, 2.05) is 17.6 Å². The molecule has 0 bridgehead atoms. The fourth-order valence-electron chi connectivity index (χ4n) is 1.94. The lowest BCUT2D eigenvalue weighted by Crippen LogP contribution is -2.37. The highest BCUT2D eigenvalue weighted by atomic mass is 32.2. The van der Waals surface area contributed by atoms with Gasteiger partial charge in [0.15, 0.2) is 5.96 Å². The second kappa shape index (κ2) is 9.52. The van der Waals surface area contributed by atoms with Crippen LogP contribution in [0.15, 0.2) is 39.1 Å². The molecule has 1 heterocycles. The van der Waals surface area contributed by atoms with Gasteiger partial charge in [-0.3, -0.25) is 4.99 Å². The molecule has 0 spiro atoms. The number of hydrogen-bond acceptors (Lipinski definition) is 4. The van der Waals surface area contributed by atoms with Crippen LogP contribution in [0.2, 0.25) is 0 Å². The Hall–Kier alpha value is -1.60. The zero-order valence-corrected chi connectivity index (χ0v) is 14.9. The highest BCUT2D eigenvalue weighted by Gasteiger charge is 2.02. The summed E-state index contributed by atoms with van der Waals surface area (Å²) in [5, 5.41) is 8.51. The summed E-state index contributed by atoms with van der Waals surface area (Å²) in [5.74, 6) is 1.61. The van der Waals surface area contributed by atoms with Gasteiger partial charge in [-0.25, -0.2) is 9.37 Å². The minimum Gasteiger partial charge on any atom is -0.356 e. The third kappa shape index (κ3) is 6.19. The van der Waals surface area contributed by atoms with Crippen molar-refractivity contribution in [3.8, 4) is 0 Å². The molecule has 4 nitrogen and oxygen atoms in total. The average molecular weight is 353 g/mol. The number of benzene rings is 1. The highest BCUT2D eigenvalue weighted by molar-refractivity contribution is 8.00. The van der Waals surface area contributed by atoms with E-state index in [1.54, 1.807) is 43.1 Å². The molecule has 2 rings (SSSR count). The minimum atomic E-state index is -0.172. The zero-order chi connectivity index (χ0) is 16.5. The molecule has 0 fully saturated rings. The molecule has 0 atom stereocenters. The van der Waals surface area contributed by atoms with Gasteiger partial charge in [-0.2, -0.15) is 0 Å². The Morgan fingerprint density at radius 3 is 2.96 bits per heavy atom. The number of thioether (sulfide) groups is 1. The zero-order valence-electron chi connectivity index (χ0n) is 13.3. The Kier molecular flexibility index (Phi) is 7.35. The number of aryl methyl sites for hydroxylation is 1. The molecule has 1 aromatic carbocycles. The highest BCUT2D eigenvalue weighted by Crippen LogP contribution is 2.20. The number of halogens is 1. The Morgan fingerprint density at radius 2 is 2.26 bits per heavy atom. The number of hydrogen-bond donors (Lipinski definition) is 2. The predicted octanol–water partition coefficient (Wildman–Crippen LogP) is 3.44. The second-order valence-electron chi connectivity index (χ2n) is 4.94. The third-order valence-corrected chi connectivity index (χ3v) is 5.21. The van der Waals surface area contributed by atoms with Crippen LogP contribution in [-0.4, -0.2) is 30.3 Å². The fraction of sp³-hybridized carbons (Fsp3) is 0.375. The standard InChI is InChI=1S/C16H21FN4S2/c1-12-10-13(4-5-14(12)17)11-21-15(18-2)19-6-3-8-22-16-20-7-9-23-16/h4-5,7,9-10H,3,6,8,11H2,1-2H3,(H2,18,19,21). The van der Waals surface area contributed by atoms with Gasteiger partial charge in [0.25, 0.3) is 0 Å². The summed E-state index contributed by atoms with van der Waals surface area (Å²) in [5.41, 5.74) is 1.69. The van der Waals surface area contributed by atoms with Crippen molar-refractivity contribution >= 4 is 29.1 Å². The number of aliphatic imine (C=N–C) groups is 1. The van der Waals surface area contributed by atoms with Crippen molar-refractivity contribution < 1.29 is 4.39 Å². The maximum atomic E-state index is 13.2. The second-order valence-corrected chi connectivity index (χ2v) is 7.17. The quantitative estimate of drug-likeness (QED) is 0.347. The maximum Gasteiger partial charge on any atom is 0.191 e. The molecule has 0 radical (unpaired) electrons. The Morgan fingerprint density at radius 1 is 1.39 bits per heavy atom. The Labute approximate surface area is 144 Å². The number of nitrogens with one attached hydrogen (secondary N) is 2. The fourth-order valence-corrected chi connectivity index (χ4v) is 3.59. The first kappa shape index (κ1) is 17.7. The molecule has 0 saturated carbocycles. The van der Waals surface area contributed by atoms with E-state index < -0.39 is 0 Å². The molecular formula is C16H21FN4S2. The molecule has 0 aliphatic carbocycles. The van der Waals surface area contributed by atoms with E-state index in [1.165, 1.54) is 6.07 Å². The van der Waals surface area contributed by atoms with Crippen molar-refractivity contribution in [3.63, 3.8) is 0 Å². The van der Waals surface area contributed by atoms with Crippen LogP contribution < -0.4 is 10.6 Å². The predicted molar refractivity (Wildman–Crippen MR) is 96.8 cm³/mol. The van der Waals surface area contributed by atoms with E-state index in [0.29, 0.717) is 12.1 Å². The average Bonchev–Trinajstić information content (AvgIpc) is 3.06. The third-order valence-electron chi connectivity index (χ3n) is 3.15. The smallest absolute Gasteiger partial charge is 0.191 e. The molecule has 0 unspecified atom stereocenters. The van der Waals surface area contributed by atoms with Crippen molar-refractivity contribution in [3.05, 3.63) is 46.7 Å². The summed E-state index contributed by atoms with van der Waals surface area (Å²) in [6.07, 6.45) is 2.86. The summed E-state index contributed by atoms with van der Waals surface area (Å²) in [6, 6.07) is 5.13. The van der Waals surface area contributed by atoms with Crippen LogP contribution in [0, 0.1) is 12.7 Å². The Bertz CT molecular complexity index is 629. The van der Waals surface area contributed by atoms with Crippen LogP contribution in [0.5, 0.6) is 0 Å². The summed E-state index contributed by atoms with van der Waals surface area (Å²) in [6.45, 7) is 3.24. The number of guanidine groups is 1. The molecule has 23 heavy (non-hydrogen) atoms. The van der Waals surface area contributed by atoms with E-state index in [4.69, 9.17) is 0 Å². The van der Waals surface area contributed by atoms with Crippen molar-refractivity contribution in [1.82, 2.24) is 15.6 Å². The van der Waals surface area contributed by atoms with E-state index in [0.717, 1.165) is 34.6 Å². The molecule has 0 aliphatic rings. The lowest BCUT2D eigenvalue weighted by Gasteiger charge is -2.12. The van der Waals surface area contributed by atoms with Crippen LogP contribution in [0.4, 0.5) is 4.39 Å². The van der Waals surface area contributed by atoms with E-state index >= 15 is 0 Å². The SMILES string of the molecule is CN=C(NCCCSc1nccs1)NCc1ccc(F)c(C)c1. The van der Waals surface area contributed by atoms with E-state index in [9.17, 15) is 4.39 Å². The first-order valence-corrected chi connectivity index (χ1v) is 9.27. The summed E-state index contributed by atoms with van der Waals surface area (Å²) in [4.78, 5) is 8.43. The first-order chi connectivity index (χ1) is 11.2. The molecule has 0 saturated heterocycles. The Balaban J connectivity index is 1.65. The number of thiazole rings is 1. The molecule has 0 aliphatic heterocycles. The van der Waals surface area contributed by atoms with Crippen molar-refractivity contribution in [2.75, 3.05) is 19.3 Å². The lowest BCUT2D eigenvalue weighted by molar-refractivity contribution is 0.617. The van der Waals surface area contributed by atoms with Crippen molar-refractivity contribution in [2.24, 2.45) is 4.99 Å². The van der Waals surface area contributed by atoms with Crippen molar-refractivity contribution in [2.45, 2.75) is 24.2 Å². The molecule has 1 aromatic heterocycles. The minimum absolute atomic E-state index is 0.172. The van der Waals surface area contributed by atoms with Gasteiger partial charge >= 0.3 is 0 Å². The summed E-state index contributed by atoms with van der Waals surface area (Å²) < 4.78 is 14.4. The van der Waals surface area contributed by atoms with Crippen LogP contribution in [0.3, 0.4) is 0 Å². The molecule has 0 amide bonds. The first-order valence-electron chi connectivity index (χ1n) is 7.41. The molecule has 124 valence electrons. The topological polar surface area (TPSA) is 49.3 Å². The van der Waals surface area contributed by atoms with Gasteiger partial charge in [0.2, 0.25) is 0 Å². The maximum absolute atomic E-state index is 13.2. The van der Waals surface area contributed by atoms with E-state index in [-0.39, 0.29) is 5.82 Å². The van der Waals surface area contributed by atoms with Gasteiger partial charge < -0.3 is 10.6 Å². The van der Waals surface area contributed by atoms with Gasteiger partial charge in [0.1, 0.15) is 10.2 Å². The summed E-state index contributed by atoms with van der Waals surface area (Å²) >= 11 is 3.44. The van der Waals surface area contributed by atoms with Crippen molar-refractivity contribution in [1.29, 1.82) is 0 Å².